The highest BCUT2D eigenvalue weighted by molar-refractivity contribution is 5.86. The zero-order valence-electron chi connectivity index (χ0n) is 17.2. The first kappa shape index (κ1) is 20.6. The summed E-state index contributed by atoms with van der Waals surface area (Å²) in [5.74, 6) is 0.947. The Labute approximate surface area is 166 Å². The van der Waals surface area contributed by atoms with E-state index in [2.05, 4.69) is 13.8 Å². The lowest BCUT2D eigenvalue weighted by atomic mass is 9.78. The molecule has 0 aromatic heterocycles. The largest absolute Gasteiger partial charge is 0.497 e. The van der Waals surface area contributed by atoms with E-state index in [9.17, 15) is 14.0 Å². The van der Waals surface area contributed by atoms with Gasteiger partial charge in [-0.1, -0.05) is 13.8 Å². The number of halogens is 1. The predicted octanol–water partition coefficient (Wildman–Crippen LogP) is 3.61. The number of hydrogen-bond donors (Lipinski definition) is 0. The number of carbonyl (C=O) groups is 2. The second-order valence-electron chi connectivity index (χ2n) is 8.57. The van der Waals surface area contributed by atoms with E-state index in [0.29, 0.717) is 49.7 Å². The lowest BCUT2D eigenvalue weighted by Gasteiger charge is -2.39. The van der Waals surface area contributed by atoms with E-state index < -0.39 is 5.41 Å². The third-order valence-electron chi connectivity index (χ3n) is 6.08. The van der Waals surface area contributed by atoms with Crippen molar-refractivity contribution in [2.24, 2.45) is 11.3 Å². The van der Waals surface area contributed by atoms with Crippen molar-refractivity contribution >= 4 is 11.8 Å². The summed E-state index contributed by atoms with van der Waals surface area (Å²) < 4.78 is 19.4. The van der Waals surface area contributed by atoms with Gasteiger partial charge in [0.1, 0.15) is 11.6 Å². The molecule has 0 radical (unpaired) electrons. The lowest BCUT2D eigenvalue weighted by Crippen LogP contribution is -2.50. The highest BCUT2D eigenvalue weighted by Crippen LogP contribution is 2.41. The number of amides is 2. The van der Waals surface area contributed by atoms with Gasteiger partial charge in [0.15, 0.2) is 0 Å². The van der Waals surface area contributed by atoms with Gasteiger partial charge >= 0.3 is 0 Å². The van der Waals surface area contributed by atoms with Crippen LogP contribution < -0.4 is 4.74 Å². The number of ether oxygens (including phenoxy) is 1. The van der Waals surface area contributed by atoms with Gasteiger partial charge in [-0.25, -0.2) is 4.39 Å². The van der Waals surface area contributed by atoms with E-state index in [1.165, 1.54) is 6.07 Å². The van der Waals surface area contributed by atoms with E-state index in [-0.39, 0.29) is 24.2 Å². The number of piperidine rings is 1. The van der Waals surface area contributed by atoms with Crippen LogP contribution in [0.4, 0.5) is 4.39 Å². The van der Waals surface area contributed by atoms with Gasteiger partial charge in [0.25, 0.3) is 0 Å². The lowest BCUT2D eigenvalue weighted by molar-refractivity contribution is -0.146. The zero-order valence-corrected chi connectivity index (χ0v) is 17.2. The molecule has 2 saturated heterocycles. The Hall–Kier alpha value is -2.11. The van der Waals surface area contributed by atoms with E-state index in [1.807, 2.05) is 4.90 Å². The van der Waals surface area contributed by atoms with Crippen LogP contribution in [0.25, 0.3) is 0 Å². The number of carbonyl (C=O) groups excluding carboxylic acids is 2. The van der Waals surface area contributed by atoms with Crippen molar-refractivity contribution in [2.75, 3.05) is 26.7 Å². The van der Waals surface area contributed by atoms with Crippen LogP contribution in [0, 0.1) is 17.2 Å². The average Bonchev–Trinajstić information content (AvgIpc) is 3.10. The number of nitrogens with zero attached hydrogens (tertiary/aromatic N) is 2. The highest BCUT2D eigenvalue weighted by atomic mass is 19.1. The van der Waals surface area contributed by atoms with Gasteiger partial charge < -0.3 is 14.5 Å². The number of rotatable bonds is 6. The summed E-state index contributed by atoms with van der Waals surface area (Å²) in [7, 11) is 1.54. The van der Waals surface area contributed by atoms with Gasteiger partial charge in [-0.3, -0.25) is 9.59 Å². The van der Waals surface area contributed by atoms with Crippen molar-refractivity contribution in [1.29, 1.82) is 0 Å². The van der Waals surface area contributed by atoms with Crippen molar-refractivity contribution in [3.63, 3.8) is 0 Å². The SMILES string of the molecule is COc1ccc(F)c(CN2CCC[C@@]3(CCN(C(=O)CCC(C)C)C3)C2=O)c1. The van der Waals surface area contributed by atoms with Crippen molar-refractivity contribution in [1.82, 2.24) is 9.80 Å². The summed E-state index contributed by atoms with van der Waals surface area (Å²) in [5, 5.41) is 0. The van der Waals surface area contributed by atoms with Crippen LogP contribution in [0.2, 0.25) is 0 Å². The average molecular weight is 390 g/mol. The first-order valence-electron chi connectivity index (χ1n) is 10.2. The minimum atomic E-state index is -0.499. The fourth-order valence-corrected chi connectivity index (χ4v) is 4.34. The first-order chi connectivity index (χ1) is 13.3. The van der Waals surface area contributed by atoms with Crippen LogP contribution >= 0.6 is 0 Å². The second kappa shape index (κ2) is 8.50. The summed E-state index contributed by atoms with van der Waals surface area (Å²) in [6.07, 6.45) is 3.80. The van der Waals surface area contributed by atoms with Gasteiger partial charge in [-0.05, 0) is 49.8 Å². The molecule has 1 aromatic rings. The molecular weight excluding hydrogens is 359 g/mol. The molecule has 2 aliphatic heterocycles. The Morgan fingerprint density at radius 1 is 1.29 bits per heavy atom. The van der Waals surface area contributed by atoms with Crippen molar-refractivity contribution in [3.05, 3.63) is 29.6 Å². The normalized spacial score (nSPS) is 22.4. The predicted molar refractivity (Wildman–Crippen MR) is 105 cm³/mol. The number of methoxy groups -OCH3 is 1. The Morgan fingerprint density at radius 3 is 2.79 bits per heavy atom. The van der Waals surface area contributed by atoms with Crippen molar-refractivity contribution in [3.8, 4) is 5.75 Å². The summed E-state index contributed by atoms with van der Waals surface area (Å²) >= 11 is 0. The van der Waals surface area contributed by atoms with Gasteiger partial charge in [0.05, 0.1) is 12.5 Å². The monoisotopic (exact) mass is 390 g/mol. The Bertz CT molecular complexity index is 736. The summed E-state index contributed by atoms with van der Waals surface area (Å²) in [6.45, 7) is 6.23. The molecule has 0 unspecified atom stereocenters. The Morgan fingerprint density at radius 2 is 2.07 bits per heavy atom. The van der Waals surface area contributed by atoms with Crippen LogP contribution in [0.15, 0.2) is 18.2 Å². The fourth-order valence-electron chi connectivity index (χ4n) is 4.34. The minimum Gasteiger partial charge on any atom is -0.497 e. The first-order valence-corrected chi connectivity index (χ1v) is 10.2. The van der Waals surface area contributed by atoms with E-state index >= 15 is 0 Å². The van der Waals surface area contributed by atoms with Gasteiger partial charge in [-0.2, -0.15) is 0 Å². The molecule has 3 rings (SSSR count). The maximum Gasteiger partial charge on any atom is 0.230 e. The quantitative estimate of drug-likeness (QED) is 0.746. The zero-order chi connectivity index (χ0) is 20.3. The smallest absolute Gasteiger partial charge is 0.230 e. The maximum atomic E-state index is 14.2. The van der Waals surface area contributed by atoms with E-state index in [1.54, 1.807) is 24.1 Å². The van der Waals surface area contributed by atoms with E-state index in [4.69, 9.17) is 4.74 Å². The molecule has 1 spiro atoms. The third-order valence-corrected chi connectivity index (χ3v) is 6.08. The molecule has 1 aromatic carbocycles. The van der Waals surface area contributed by atoms with Gasteiger partial charge in [0.2, 0.25) is 11.8 Å². The molecule has 28 heavy (non-hydrogen) atoms. The molecule has 2 aliphatic rings. The number of hydrogen-bond acceptors (Lipinski definition) is 3. The molecule has 6 heteroatoms. The van der Waals surface area contributed by atoms with Crippen molar-refractivity contribution < 1.29 is 18.7 Å². The third kappa shape index (κ3) is 4.31. The summed E-state index contributed by atoms with van der Waals surface area (Å²) in [6, 6.07) is 4.61. The van der Waals surface area contributed by atoms with Crippen LogP contribution in [0.5, 0.6) is 5.75 Å². The molecule has 0 bridgehead atoms. The summed E-state index contributed by atoms with van der Waals surface area (Å²) in [4.78, 5) is 29.4. The second-order valence-corrected chi connectivity index (χ2v) is 8.57. The van der Waals surface area contributed by atoms with Gasteiger partial charge in [-0.15, -0.1) is 0 Å². The Balaban J connectivity index is 1.68. The molecule has 5 nitrogen and oxygen atoms in total. The molecule has 0 saturated carbocycles. The molecule has 1 atom stereocenters. The fraction of sp³-hybridized carbons (Fsp3) is 0.636. The Kier molecular flexibility index (Phi) is 6.26. The highest BCUT2D eigenvalue weighted by Gasteiger charge is 2.49. The van der Waals surface area contributed by atoms with E-state index in [0.717, 1.165) is 19.3 Å². The standard InChI is InChI=1S/C22H31FN2O3/c1-16(2)5-8-20(26)25-12-10-22(15-25)9-4-11-24(21(22)27)14-17-13-18(28-3)6-7-19(17)23/h6-7,13,16H,4-5,8-12,14-15H2,1-3H3/t22-/m0/s1. The van der Waals surface area contributed by atoms with Gasteiger partial charge in [0, 0.05) is 38.2 Å². The molecular formula is C22H31FN2O3. The van der Waals surface area contributed by atoms with Crippen molar-refractivity contribution in [2.45, 2.75) is 52.5 Å². The molecule has 0 aliphatic carbocycles. The van der Waals surface area contributed by atoms with Crippen LogP contribution in [-0.4, -0.2) is 48.4 Å². The molecule has 0 N–H and O–H groups in total. The number of likely N-dealkylation sites (tertiary alicyclic amines) is 2. The minimum absolute atomic E-state index is 0.0557. The molecule has 2 heterocycles. The van der Waals surface area contributed by atoms with Crippen LogP contribution in [0.1, 0.15) is 51.5 Å². The topological polar surface area (TPSA) is 49.9 Å². The molecule has 2 fully saturated rings. The molecule has 154 valence electrons. The molecule has 2 amide bonds. The van der Waals surface area contributed by atoms with Crippen LogP contribution in [-0.2, 0) is 16.1 Å². The number of benzene rings is 1. The summed E-state index contributed by atoms with van der Waals surface area (Å²) in [5.41, 5.74) is -0.0335. The van der Waals surface area contributed by atoms with Crippen LogP contribution in [0.3, 0.4) is 0 Å². The maximum absolute atomic E-state index is 14.2.